The average Bonchev–Trinajstić information content (AvgIpc) is 3.08. The van der Waals surface area contributed by atoms with Crippen LogP contribution in [0.5, 0.6) is 5.75 Å². The minimum Gasteiger partial charge on any atom is -0.487 e. The van der Waals surface area contributed by atoms with Gasteiger partial charge in [-0.3, -0.25) is 9.59 Å². The molecule has 0 atom stereocenters. The Morgan fingerprint density at radius 3 is 2.63 bits per heavy atom. The van der Waals surface area contributed by atoms with E-state index < -0.39 is 0 Å². The molecular weight excluding hydrogens is 429 g/mol. The van der Waals surface area contributed by atoms with Crippen molar-refractivity contribution in [3.63, 3.8) is 0 Å². The summed E-state index contributed by atoms with van der Waals surface area (Å²) in [6.45, 7) is 1.85. The molecule has 0 saturated carbocycles. The number of halogens is 2. The van der Waals surface area contributed by atoms with Crippen molar-refractivity contribution in [3.8, 4) is 5.75 Å². The van der Waals surface area contributed by atoms with E-state index in [9.17, 15) is 9.59 Å². The first kappa shape index (κ1) is 20.0. The number of benzene rings is 2. The van der Waals surface area contributed by atoms with Gasteiger partial charge in [0.1, 0.15) is 18.1 Å². The Morgan fingerprint density at radius 1 is 1.13 bits per heavy atom. The number of hydrogen-bond donors (Lipinski definition) is 1. The maximum absolute atomic E-state index is 12.4. The third-order valence-corrected chi connectivity index (χ3v) is 4.75. The van der Waals surface area contributed by atoms with E-state index >= 15 is 0 Å². The highest BCUT2D eigenvalue weighted by molar-refractivity contribution is 6.37. The molecule has 0 fully saturated rings. The van der Waals surface area contributed by atoms with Gasteiger partial charge in [0.25, 0.3) is 11.5 Å². The molecule has 152 valence electrons. The van der Waals surface area contributed by atoms with E-state index in [0.29, 0.717) is 39.1 Å². The minimum absolute atomic E-state index is 0.113. The van der Waals surface area contributed by atoms with Gasteiger partial charge in [0.15, 0.2) is 5.65 Å². The van der Waals surface area contributed by atoms with Crippen LogP contribution < -0.4 is 15.6 Å². The van der Waals surface area contributed by atoms with Crippen LogP contribution in [0.4, 0.5) is 5.69 Å². The summed E-state index contributed by atoms with van der Waals surface area (Å²) in [4.78, 5) is 28.8. The molecule has 0 aliphatic heterocycles. The van der Waals surface area contributed by atoms with E-state index in [1.54, 1.807) is 49.4 Å². The van der Waals surface area contributed by atoms with Crippen LogP contribution in [0.3, 0.4) is 0 Å². The van der Waals surface area contributed by atoms with Crippen LogP contribution in [0.1, 0.15) is 21.8 Å². The summed E-state index contributed by atoms with van der Waals surface area (Å²) >= 11 is 11.9. The normalized spacial score (nSPS) is 10.9. The van der Waals surface area contributed by atoms with Crippen molar-refractivity contribution in [1.29, 1.82) is 0 Å². The van der Waals surface area contributed by atoms with Crippen LogP contribution in [0, 0.1) is 6.92 Å². The summed E-state index contributed by atoms with van der Waals surface area (Å²) in [5.41, 5.74) is 1.49. The number of nitrogens with zero attached hydrogens (tertiary/aromatic N) is 2. The van der Waals surface area contributed by atoms with Gasteiger partial charge in [-0.05, 0) is 49.4 Å². The number of carbonyl (C=O) groups is 1. The molecule has 2 aromatic carbocycles. The van der Waals surface area contributed by atoms with Crippen LogP contribution in [0.2, 0.25) is 10.0 Å². The Morgan fingerprint density at radius 2 is 1.90 bits per heavy atom. The smallest absolute Gasteiger partial charge is 0.287 e. The number of hydrogen-bond acceptors (Lipinski definition) is 5. The molecule has 4 rings (SSSR count). The van der Waals surface area contributed by atoms with Gasteiger partial charge in [-0.1, -0.05) is 23.2 Å². The summed E-state index contributed by atoms with van der Waals surface area (Å²) in [6.07, 6.45) is 0. The lowest BCUT2D eigenvalue weighted by atomic mass is 10.2. The largest absolute Gasteiger partial charge is 0.487 e. The minimum atomic E-state index is -0.348. The van der Waals surface area contributed by atoms with Crippen LogP contribution >= 0.6 is 23.2 Å². The van der Waals surface area contributed by atoms with Crippen LogP contribution in [0.25, 0.3) is 5.65 Å². The number of aromatic nitrogens is 2. The fourth-order valence-electron chi connectivity index (χ4n) is 2.81. The average molecular weight is 444 g/mol. The molecule has 0 spiro atoms. The van der Waals surface area contributed by atoms with Crippen molar-refractivity contribution in [2.45, 2.75) is 13.5 Å². The molecule has 0 aliphatic rings. The van der Waals surface area contributed by atoms with Crippen molar-refractivity contribution in [3.05, 3.63) is 92.0 Å². The molecule has 9 heteroatoms. The summed E-state index contributed by atoms with van der Waals surface area (Å²) in [7, 11) is 0. The third-order valence-electron chi connectivity index (χ3n) is 4.20. The topological polar surface area (TPSA) is 85.8 Å². The number of rotatable bonds is 5. The van der Waals surface area contributed by atoms with Gasteiger partial charge in [0.05, 0.1) is 16.3 Å². The fraction of sp³-hybridized carbons (Fsp3) is 0.0952. The Hall–Kier alpha value is -3.29. The zero-order valence-electron chi connectivity index (χ0n) is 15.7. The molecule has 2 heterocycles. The van der Waals surface area contributed by atoms with Crippen LogP contribution in [-0.4, -0.2) is 15.5 Å². The highest BCUT2D eigenvalue weighted by Crippen LogP contribution is 2.23. The Bertz CT molecular complexity index is 1300. The lowest BCUT2D eigenvalue weighted by Gasteiger charge is -2.09. The number of ether oxygens (including phenoxy) is 1. The number of carbonyl (C=O) groups excluding carboxylic acids is 1. The molecule has 30 heavy (non-hydrogen) atoms. The number of fused-ring (bicyclic) bond motifs is 1. The predicted octanol–water partition coefficient (Wildman–Crippen LogP) is 4.73. The summed E-state index contributed by atoms with van der Waals surface area (Å²) in [6, 6.07) is 14.5. The third kappa shape index (κ3) is 4.32. The zero-order chi connectivity index (χ0) is 21.3. The summed E-state index contributed by atoms with van der Waals surface area (Å²) in [5, 5.41) is 3.49. The SMILES string of the molecule is Cc1cc2nc(COc3ccc(NC(=O)c4ccc(Cl)cc4Cl)cc3)cc(=O)n2o1. The van der Waals surface area contributed by atoms with Gasteiger partial charge in [0, 0.05) is 22.8 Å². The van der Waals surface area contributed by atoms with Gasteiger partial charge >= 0.3 is 0 Å². The lowest BCUT2D eigenvalue weighted by Crippen LogP contribution is -2.14. The van der Waals surface area contributed by atoms with Crippen molar-refractivity contribution in [2.75, 3.05) is 5.32 Å². The van der Waals surface area contributed by atoms with Gasteiger partial charge in [-0.15, -0.1) is 4.57 Å². The van der Waals surface area contributed by atoms with Crippen LogP contribution in [-0.2, 0) is 6.61 Å². The number of nitrogens with one attached hydrogen (secondary N) is 1. The highest BCUT2D eigenvalue weighted by Gasteiger charge is 2.11. The predicted molar refractivity (Wildman–Crippen MR) is 114 cm³/mol. The molecule has 0 unspecified atom stereocenters. The van der Waals surface area contributed by atoms with Crippen molar-refractivity contribution in [2.24, 2.45) is 0 Å². The summed E-state index contributed by atoms with van der Waals surface area (Å²) < 4.78 is 12.1. The first-order valence-corrected chi connectivity index (χ1v) is 9.63. The fourth-order valence-corrected chi connectivity index (χ4v) is 3.31. The van der Waals surface area contributed by atoms with Crippen molar-refractivity contribution < 1.29 is 14.1 Å². The molecule has 0 radical (unpaired) electrons. The molecule has 4 aromatic rings. The number of anilines is 1. The molecule has 7 nitrogen and oxygen atoms in total. The van der Waals surface area contributed by atoms with E-state index in [1.165, 1.54) is 12.1 Å². The Labute approximate surface area is 180 Å². The first-order chi connectivity index (χ1) is 14.4. The van der Waals surface area contributed by atoms with Gasteiger partial charge in [0.2, 0.25) is 0 Å². The second-order valence-electron chi connectivity index (χ2n) is 6.48. The number of aryl methyl sites for hydroxylation is 1. The second-order valence-corrected chi connectivity index (χ2v) is 7.32. The maximum atomic E-state index is 12.4. The van der Waals surface area contributed by atoms with E-state index in [1.807, 2.05) is 0 Å². The number of amides is 1. The molecule has 0 saturated heterocycles. The van der Waals surface area contributed by atoms with E-state index in [-0.39, 0.29) is 23.1 Å². The first-order valence-electron chi connectivity index (χ1n) is 8.88. The Kier molecular flexibility index (Phi) is 5.48. The van der Waals surface area contributed by atoms with Crippen LogP contribution in [0.15, 0.2) is 63.9 Å². The van der Waals surface area contributed by atoms with Gasteiger partial charge in [-0.2, -0.15) is 0 Å². The van der Waals surface area contributed by atoms with Gasteiger partial charge < -0.3 is 14.6 Å². The Balaban J connectivity index is 1.41. The summed E-state index contributed by atoms with van der Waals surface area (Å²) in [5.74, 6) is 0.803. The van der Waals surface area contributed by atoms with E-state index in [2.05, 4.69) is 10.3 Å². The molecule has 0 bridgehead atoms. The highest BCUT2D eigenvalue weighted by atomic mass is 35.5. The molecular formula is C21H15Cl2N3O4. The molecule has 1 N–H and O–H groups in total. The van der Waals surface area contributed by atoms with Gasteiger partial charge in [-0.25, -0.2) is 4.98 Å². The quantitative estimate of drug-likeness (QED) is 0.481. The molecule has 0 aliphatic carbocycles. The molecule has 1 amide bonds. The second kappa shape index (κ2) is 8.22. The standard InChI is InChI=1S/C21H15Cl2N3O4/c1-12-8-19-24-15(10-20(27)26(19)30-12)11-29-16-5-3-14(4-6-16)25-21(28)17-7-2-13(22)9-18(17)23/h2-10H,11H2,1H3,(H,25,28). The maximum Gasteiger partial charge on any atom is 0.287 e. The monoisotopic (exact) mass is 443 g/mol. The lowest BCUT2D eigenvalue weighted by molar-refractivity contribution is 0.102. The van der Waals surface area contributed by atoms with Crippen molar-refractivity contribution in [1.82, 2.24) is 9.56 Å². The van der Waals surface area contributed by atoms with E-state index in [0.717, 1.165) is 4.57 Å². The molecule has 2 aromatic heterocycles. The zero-order valence-corrected chi connectivity index (χ0v) is 17.2. The van der Waals surface area contributed by atoms with E-state index in [4.69, 9.17) is 32.5 Å². The van der Waals surface area contributed by atoms with Crippen molar-refractivity contribution >= 4 is 40.4 Å².